The molecule has 162 valence electrons. The van der Waals surface area contributed by atoms with Crippen LogP contribution in [0, 0.1) is 35.3 Å². The molecule has 0 aliphatic heterocycles. The van der Waals surface area contributed by atoms with Crippen LogP contribution in [0.4, 0.5) is 8.78 Å². The van der Waals surface area contributed by atoms with E-state index in [1.165, 1.54) is 70.6 Å². The van der Waals surface area contributed by atoms with Gasteiger partial charge < -0.3 is 9.47 Å². The van der Waals surface area contributed by atoms with E-state index < -0.39 is 11.6 Å². The third-order valence-corrected chi connectivity index (χ3v) is 8.14. The Balaban J connectivity index is 1.31. The van der Waals surface area contributed by atoms with Gasteiger partial charge in [-0.05, 0) is 118 Å². The Bertz CT molecular complexity index is 660. The third kappa shape index (κ3) is 4.62. The van der Waals surface area contributed by atoms with E-state index in [9.17, 15) is 8.78 Å². The minimum Gasteiger partial charge on any atom is -0.491 e. The van der Waals surface area contributed by atoms with E-state index in [-0.39, 0.29) is 11.7 Å². The van der Waals surface area contributed by atoms with Crippen molar-refractivity contribution in [1.29, 1.82) is 0 Å². The van der Waals surface area contributed by atoms with Crippen molar-refractivity contribution in [3.8, 4) is 5.75 Å². The van der Waals surface area contributed by atoms with Crippen molar-refractivity contribution in [2.45, 2.75) is 83.2 Å². The first kappa shape index (κ1) is 21.1. The van der Waals surface area contributed by atoms with Gasteiger partial charge >= 0.3 is 0 Å². The van der Waals surface area contributed by atoms with Gasteiger partial charge in [0.1, 0.15) is 0 Å². The lowest BCUT2D eigenvalue weighted by atomic mass is 9.62. The summed E-state index contributed by atoms with van der Waals surface area (Å²) < 4.78 is 38.9. The summed E-state index contributed by atoms with van der Waals surface area (Å²) in [4.78, 5) is 0. The van der Waals surface area contributed by atoms with Gasteiger partial charge in [-0.1, -0.05) is 0 Å². The van der Waals surface area contributed by atoms with Crippen LogP contribution in [0.25, 0.3) is 0 Å². The first-order valence-corrected chi connectivity index (χ1v) is 11.7. The number of fused-ring (bicyclic) bond motifs is 1. The van der Waals surface area contributed by atoms with Gasteiger partial charge in [0.15, 0.2) is 17.4 Å². The van der Waals surface area contributed by atoms with Crippen molar-refractivity contribution in [2.75, 3.05) is 13.7 Å². The summed E-state index contributed by atoms with van der Waals surface area (Å²) in [5, 5.41) is 0. The molecule has 4 rings (SSSR count). The predicted octanol–water partition coefficient (Wildman–Crippen LogP) is 6.87. The lowest BCUT2D eigenvalue weighted by molar-refractivity contribution is -0.0205. The number of ether oxygens (including phenoxy) is 2. The Morgan fingerprint density at radius 1 is 0.793 bits per heavy atom. The van der Waals surface area contributed by atoms with E-state index in [0.29, 0.717) is 6.10 Å². The molecule has 4 atom stereocenters. The van der Waals surface area contributed by atoms with E-state index >= 15 is 0 Å². The van der Waals surface area contributed by atoms with Crippen LogP contribution in [0.15, 0.2) is 12.1 Å². The zero-order valence-corrected chi connectivity index (χ0v) is 18.0. The summed E-state index contributed by atoms with van der Waals surface area (Å²) in [5.74, 6) is 2.27. The van der Waals surface area contributed by atoms with Crippen molar-refractivity contribution >= 4 is 0 Å². The summed E-state index contributed by atoms with van der Waals surface area (Å²) in [6, 6.07) is 2.96. The highest BCUT2D eigenvalue weighted by molar-refractivity contribution is 5.33. The molecule has 1 aromatic rings. The molecule has 1 aromatic carbocycles. The minimum absolute atomic E-state index is 0.266. The van der Waals surface area contributed by atoms with Crippen molar-refractivity contribution < 1.29 is 18.3 Å². The number of benzene rings is 1. The topological polar surface area (TPSA) is 18.5 Å². The maximum atomic E-state index is 14.1. The van der Waals surface area contributed by atoms with Gasteiger partial charge in [0, 0.05) is 6.61 Å². The van der Waals surface area contributed by atoms with Crippen molar-refractivity contribution in [3.05, 3.63) is 29.3 Å². The van der Waals surface area contributed by atoms with Crippen LogP contribution in [0.1, 0.15) is 82.6 Å². The smallest absolute Gasteiger partial charge is 0.190 e. The van der Waals surface area contributed by atoms with Crippen LogP contribution >= 0.6 is 0 Å². The third-order valence-electron chi connectivity index (χ3n) is 8.14. The molecule has 3 saturated carbocycles. The van der Waals surface area contributed by atoms with Crippen LogP contribution in [0.5, 0.6) is 5.75 Å². The van der Waals surface area contributed by atoms with Gasteiger partial charge in [0.25, 0.3) is 0 Å². The minimum atomic E-state index is -0.578. The standard InChI is InChI=1S/C25H36F2O2/c1-3-29-22-11-10-19-12-18(8-9-20(19)13-22)16-4-6-17(7-5-16)21-14-23(26)25(28-2)24(27)15-21/h14-20,22H,3-13H2,1-2H3. The SMILES string of the molecule is CCOC1CCC2CC(C3CCC(c4cc(F)c(OC)c(F)c4)CC3)CCC2C1. The monoisotopic (exact) mass is 406 g/mol. The molecule has 0 heterocycles. The highest BCUT2D eigenvalue weighted by atomic mass is 19.1. The zero-order valence-electron chi connectivity index (χ0n) is 18.0. The molecule has 4 heteroatoms. The Hall–Kier alpha value is -1.16. The van der Waals surface area contributed by atoms with Crippen molar-refractivity contribution in [3.63, 3.8) is 0 Å². The largest absolute Gasteiger partial charge is 0.491 e. The number of halogens is 2. The van der Waals surface area contributed by atoms with E-state index in [0.717, 1.165) is 48.7 Å². The highest BCUT2D eigenvalue weighted by Gasteiger charge is 2.39. The van der Waals surface area contributed by atoms with Crippen LogP contribution in [0.2, 0.25) is 0 Å². The van der Waals surface area contributed by atoms with E-state index in [1.54, 1.807) is 0 Å². The maximum Gasteiger partial charge on any atom is 0.190 e. The summed E-state index contributed by atoms with van der Waals surface area (Å²) in [7, 11) is 1.31. The van der Waals surface area contributed by atoms with Crippen molar-refractivity contribution in [1.82, 2.24) is 0 Å². The molecule has 0 N–H and O–H groups in total. The number of hydrogen-bond donors (Lipinski definition) is 0. The maximum absolute atomic E-state index is 14.1. The van der Waals surface area contributed by atoms with Gasteiger partial charge in [-0.25, -0.2) is 8.78 Å². The molecule has 0 bridgehead atoms. The van der Waals surface area contributed by atoms with Crippen LogP contribution in [-0.2, 0) is 4.74 Å². The molecule has 3 fully saturated rings. The summed E-state index contributed by atoms with van der Waals surface area (Å²) >= 11 is 0. The lowest BCUT2D eigenvalue weighted by Crippen LogP contribution is -2.36. The molecule has 3 aliphatic rings. The van der Waals surface area contributed by atoms with Crippen LogP contribution < -0.4 is 4.74 Å². The van der Waals surface area contributed by atoms with Crippen LogP contribution in [-0.4, -0.2) is 19.8 Å². The zero-order chi connectivity index (χ0) is 20.4. The van der Waals surface area contributed by atoms with Gasteiger partial charge in [-0.2, -0.15) is 0 Å². The Kier molecular flexibility index (Phi) is 6.78. The fourth-order valence-electron chi connectivity index (χ4n) is 6.63. The molecule has 0 saturated heterocycles. The average molecular weight is 407 g/mol. The Morgan fingerprint density at radius 3 is 1.97 bits per heavy atom. The first-order chi connectivity index (χ1) is 14.1. The molecule has 0 amide bonds. The van der Waals surface area contributed by atoms with E-state index in [1.807, 2.05) is 0 Å². The molecule has 29 heavy (non-hydrogen) atoms. The first-order valence-electron chi connectivity index (χ1n) is 11.7. The van der Waals surface area contributed by atoms with Gasteiger partial charge in [-0.15, -0.1) is 0 Å². The quantitative estimate of drug-likeness (QED) is 0.531. The molecular weight excluding hydrogens is 370 g/mol. The highest BCUT2D eigenvalue weighted by Crippen LogP contribution is 2.49. The second kappa shape index (κ2) is 9.32. The van der Waals surface area contributed by atoms with Crippen LogP contribution in [0.3, 0.4) is 0 Å². The van der Waals surface area contributed by atoms with Gasteiger partial charge in [0.2, 0.25) is 0 Å². The molecule has 0 aromatic heterocycles. The molecule has 0 spiro atoms. The summed E-state index contributed by atoms with van der Waals surface area (Å²) in [5.41, 5.74) is 0.803. The van der Waals surface area contributed by atoms with Crippen molar-refractivity contribution in [2.24, 2.45) is 23.7 Å². The van der Waals surface area contributed by atoms with Gasteiger partial charge in [-0.3, -0.25) is 0 Å². The normalized spacial score (nSPS) is 35.2. The second-order valence-corrected chi connectivity index (χ2v) is 9.61. The number of methoxy groups -OCH3 is 1. The summed E-state index contributed by atoms with van der Waals surface area (Å²) in [6.07, 6.45) is 13.0. The molecule has 4 unspecified atom stereocenters. The molecule has 2 nitrogen and oxygen atoms in total. The number of rotatable bonds is 5. The fraction of sp³-hybridized carbons (Fsp3) is 0.760. The Morgan fingerprint density at radius 2 is 1.34 bits per heavy atom. The molecule has 3 aliphatic carbocycles. The average Bonchev–Trinajstić information content (AvgIpc) is 2.73. The fourth-order valence-corrected chi connectivity index (χ4v) is 6.63. The van der Waals surface area contributed by atoms with E-state index in [2.05, 4.69) is 6.92 Å². The van der Waals surface area contributed by atoms with E-state index in [4.69, 9.17) is 9.47 Å². The summed E-state index contributed by atoms with van der Waals surface area (Å²) in [6.45, 7) is 2.95. The van der Waals surface area contributed by atoms with Gasteiger partial charge in [0.05, 0.1) is 13.2 Å². The molecular formula is C25H36F2O2. The number of hydrogen-bond acceptors (Lipinski definition) is 2. The predicted molar refractivity (Wildman–Crippen MR) is 111 cm³/mol. The Labute approximate surface area is 174 Å². The second-order valence-electron chi connectivity index (χ2n) is 9.61. The lowest BCUT2D eigenvalue weighted by Gasteiger charge is -2.45. The molecule has 0 radical (unpaired) electrons.